The first-order chi connectivity index (χ1) is 15.7. The lowest BCUT2D eigenvalue weighted by Gasteiger charge is -2.25. The highest BCUT2D eigenvalue weighted by Gasteiger charge is 2.49. The molecule has 1 amide bonds. The minimum Gasteiger partial charge on any atom is -0.334 e. The van der Waals surface area contributed by atoms with Crippen molar-refractivity contribution in [3.05, 3.63) is 59.2 Å². The summed E-state index contributed by atoms with van der Waals surface area (Å²) in [6, 6.07) is 3.74. The van der Waals surface area contributed by atoms with E-state index in [0.29, 0.717) is 17.9 Å². The maximum absolute atomic E-state index is 14.0. The zero-order chi connectivity index (χ0) is 23.3. The predicted octanol–water partition coefficient (Wildman–Crippen LogP) is 4.23. The standard InChI is InChI=1S/C22H19F4N5O2/c1-11-29-20(33-30-11)17-8-13(23)2-4-16(17)21(32)31-15-3-5-18(31)12(7-15)6-14-9-28-19(10-27-14)22(24,25)26/h2,4,8-10,12,15,18H,3,5-7H2,1H3. The zero-order valence-electron chi connectivity index (χ0n) is 17.5. The van der Waals surface area contributed by atoms with Crippen molar-refractivity contribution in [2.24, 2.45) is 5.92 Å². The van der Waals surface area contributed by atoms with Gasteiger partial charge in [-0.25, -0.2) is 9.37 Å². The van der Waals surface area contributed by atoms with Crippen LogP contribution in [0.1, 0.15) is 46.8 Å². The lowest BCUT2D eigenvalue weighted by molar-refractivity contribution is -0.141. The molecule has 3 atom stereocenters. The number of nitrogens with zero attached hydrogens (tertiary/aromatic N) is 5. The largest absolute Gasteiger partial charge is 0.434 e. The van der Waals surface area contributed by atoms with E-state index in [0.717, 1.165) is 31.7 Å². The molecule has 0 N–H and O–H groups in total. The fraction of sp³-hybridized carbons (Fsp3) is 0.409. The number of alkyl halides is 3. The Labute approximate surface area is 185 Å². The van der Waals surface area contributed by atoms with Crippen LogP contribution >= 0.6 is 0 Å². The molecule has 1 aromatic carbocycles. The molecule has 3 aromatic rings. The summed E-state index contributed by atoms with van der Waals surface area (Å²) in [6.07, 6.45) is 0.113. The first kappa shape index (κ1) is 21.5. The normalized spacial score (nSPS) is 22.2. The SMILES string of the molecule is Cc1noc(-c2cc(F)ccc2C(=O)N2C3CCC2C(Cc2cnc(C(F)(F)F)cn2)C3)n1. The van der Waals surface area contributed by atoms with Crippen molar-refractivity contribution in [2.75, 3.05) is 0 Å². The van der Waals surface area contributed by atoms with Gasteiger partial charge in [-0.1, -0.05) is 5.16 Å². The number of benzene rings is 1. The summed E-state index contributed by atoms with van der Waals surface area (Å²) >= 11 is 0. The van der Waals surface area contributed by atoms with E-state index < -0.39 is 17.7 Å². The summed E-state index contributed by atoms with van der Waals surface area (Å²) in [5, 5.41) is 3.73. The highest BCUT2D eigenvalue weighted by Crippen LogP contribution is 2.44. The Kier molecular flexibility index (Phi) is 5.13. The van der Waals surface area contributed by atoms with Crippen molar-refractivity contribution in [1.29, 1.82) is 0 Å². The highest BCUT2D eigenvalue weighted by molar-refractivity contribution is 6.00. The second-order valence-electron chi connectivity index (χ2n) is 8.44. The first-order valence-electron chi connectivity index (χ1n) is 10.5. The molecular formula is C22H19F4N5O2. The summed E-state index contributed by atoms with van der Waals surface area (Å²) in [5.41, 5.74) is -0.0724. The molecule has 5 rings (SSSR count). The molecule has 0 radical (unpaired) electrons. The molecule has 33 heavy (non-hydrogen) atoms. The molecule has 2 aliphatic rings. The van der Waals surface area contributed by atoms with Crippen molar-refractivity contribution in [1.82, 2.24) is 25.0 Å². The number of carbonyl (C=O) groups is 1. The summed E-state index contributed by atoms with van der Waals surface area (Å²) in [6.45, 7) is 1.63. The van der Waals surface area contributed by atoms with Gasteiger partial charge in [0.15, 0.2) is 11.5 Å². The molecule has 3 unspecified atom stereocenters. The van der Waals surface area contributed by atoms with E-state index in [1.54, 1.807) is 6.92 Å². The Morgan fingerprint density at radius 2 is 2.03 bits per heavy atom. The van der Waals surface area contributed by atoms with Crippen LogP contribution in [-0.4, -0.2) is 43.0 Å². The highest BCUT2D eigenvalue weighted by atomic mass is 19.4. The molecule has 0 aliphatic carbocycles. The number of hydrogen-bond acceptors (Lipinski definition) is 6. The second-order valence-corrected chi connectivity index (χ2v) is 8.44. The predicted molar refractivity (Wildman–Crippen MR) is 106 cm³/mol. The van der Waals surface area contributed by atoms with Gasteiger partial charge in [-0.15, -0.1) is 0 Å². The van der Waals surface area contributed by atoms with Crippen molar-refractivity contribution in [3.63, 3.8) is 0 Å². The van der Waals surface area contributed by atoms with Crippen LogP contribution in [0.4, 0.5) is 17.6 Å². The smallest absolute Gasteiger partial charge is 0.334 e. The Bertz CT molecular complexity index is 1190. The van der Waals surface area contributed by atoms with Crippen molar-refractivity contribution >= 4 is 5.91 Å². The average molecular weight is 461 g/mol. The van der Waals surface area contributed by atoms with E-state index >= 15 is 0 Å². The summed E-state index contributed by atoms with van der Waals surface area (Å²) in [5.74, 6) is -0.298. The van der Waals surface area contributed by atoms with Crippen molar-refractivity contribution in [2.45, 2.75) is 50.9 Å². The van der Waals surface area contributed by atoms with Gasteiger partial charge in [-0.2, -0.15) is 18.2 Å². The third-order valence-corrected chi connectivity index (χ3v) is 6.34. The van der Waals surface area contributed by atoms with E-state index in [1.165, 1.54) is 18.2 Å². The van der Waals surface area contributed by atoms with Gasteiger partial charge in [0.2, 0.25) is 0 Å². The van der Waals surface area contributed by atoms with Crippen LogP contribution in [0.15, 0.2) is 35.1 Å². The van der Waals surface area contributed by atoms with Gasteiger partial charge in [0, 0.05) is 18.3 Å². The number of halogens is 4. The fourth-order valence-corrected chi connectivity index (χ4v) is 4.95. The Balaban J connectivity index is 1.38. The molecule has 7 nitrogen and oxygen atoms in total. The number of fused-ring (bicyclic) bond motifs is 2. The maximum Gasteiger partial charge on any atom is 0.434 e. The van der Waals surface area contributed by atoms with E-state index in [1.807, 2.05) is 4.90 Å². The quantitative estimate of drug-likeness (QED) is 0.541. The third kappa shape index (κ3) is 3.96. The topological polar surface area (TPSA) is 85.0 Å². The van der Waals surface area contributed by atoms with Crippen LogP contribution in [0.25, 0.3) is 11.5 Å². The first-order valence-corrected chi connectivity index (χ1v) is 10.5. The summed E-state index contributed by atoms with van der Waals surface area (Å²) in [4.78, 5) is 26.9. The number of carbonyl (C=O) groups excluding carboxylic acids is 1. The van der Waals surface area contributed by atoms with Crippen molar-refractivity contribution < 1.29 is 26.9 Å². The van der Waals surface area contributed by atoms with Crippen LogP contribution in [-0.2, 0) is 12.6 Å². The van der Waals surface area contributed by atoms with E-state index in [-0.39, 0.29) is 40.9 Å². The minimum absolute atomic E-state index is 0.00256. The second kappa shape index (κ2) is 7.89. The average Bonchev–Trinajstić information content (AvgIpc) is 3.47. The summed E-state index contributed by atoms with van der Waals surface area (Å²) in [7, 11) is 0. The Morgan fingerprint density at radius 1 is 1.21 bits per heavy atom. The van der Waals surface area contributed by atoms with Gasteiger partial charge in [0.25, 0.3) is 11.8 Å². The van der Waals surface area contributed by atoms with Crippen LogP contribution in [0.3, 0.4) is 0 Å². The van der Waals surface area contributed by atoms with Crippen LogP contribution in [0.5, 0.6) is 0 Å². The van der Waals surface area contributed by atoms with Gasteiger partial charge < -0.3 is 9.42 Å². The van der Waals surface area contributed by atoms with E-state index in [9.17, 15) is 22.4 Å². The van der Waals surface area contributed by atoms with Crippen molar-refractivity contribution in [3.8, 4) is 11.5 Å². The number of hydrogen-bond donors (Lipinski definition) is 0. The lowest BCUT2D eigenvalue weighted by Crippen LogP contribution is -2.37. The van der Waals surface area contributed by atoms with Gasteiger partial charge in [-0.05, 0) is 56.7 Å². The molecule has 2 saturated heterocycles. The molecule has 11 heteroatoms. The fourth-order valence-electron chi connectivity index (χ4n) is 4.95. The van der Waals surface area contributed by atoms with Gasteiger partial charge in [-0.3, -0.25) is 9.78 Å². The molecule has 172 valence electrons. The number of amides is 1. The minimum atomic E-state index is -4.54. The molecule has 0 saturated carbocycles. The molecule has 2 fully saturated rings. The molecule has 2 bridgehead atoms. The van der Waals surface area contributed by atoms with Crippen LogP contribution in [0, 0.1) is 18.7 Å². The summed E-state index contributed by atoms with van der Waals surface area (Å²) < 4.78 is 57.4. The third-order valence-electron chi connectivity index (χ3n) is 6.34. The number of aryl methyl sites for hydroxylation is 1. The Morgan fingerprint density at radius 3 is 2.70 bits per heavy atom. The monoisotopic (exact) mass is 461 g/mol. The number of aromatic nitrogens is 4. The molecule has 2 aromatic heterocycles. The molecule has 4 heterocycles. The maximum atomic E-state index is 14.0. The zero-order valence-corrected chi connectivity index (χ0v) is 17.5. The number of rotatable bonds is 4. The molecule has 0 spiro atoms. The van der Waals surface area contributed by atoms with Gasteiger partial charge in [0.1, 0.15) is 5.82 Å². The van der Waals surface area contributed by atoms with Gasteiger partial charge >= 0.3 is 6.18 Å². The molecular weight excluding hydrogens is 442 g/mol. The van der Waals surface area contributed by atoms with E-state index in [4.69, 9.17) is 4.52 Å². The van der Waals surface area contributed by atoms with Crippen LogP contribution in [0.2, 0.25) is 0 Å². The van der Waals surface area contributed by atoms with Crippen LogP contribution < -0.4 is 0 Å². The lowest BCUT2D eigenvalue weighted by atomic mass is 9.86. The van der Waals surface area contributed by atoms with E-state index in [2.05, 4.69) is 20.1 Å². The molecule has 2 aliphatic heterocycles. The van der Waals surface area contributed by atoms with Gasteiger partial charge in [0.05, 0.1) is 23.0 Å². The Hall–Kier alpha value is -3.37.